The SMILES string of the molecule is O=C(Cn1c(-c2cscn2)nc2ccccc21)NC[C@@H](c1ccco1)N1CCCC1. The first-order valence-corrected chi connectivity index (χ1v) is 11.1. The Balaban J connectivity index is 1.35. The van der Waals surface area contributed by atoms with E-state index in [4.69, 9.17) is 9.40 Å². The molecule has 4 heterocycles. The number of para-hydroxylation sites is 2. The third-order valence-corrected chi connectivity index (χ3v) is 6.15. The van der Waals surface area contributed by atoms with Gasteiger partial charge in [-0.2, -0.15) is 0 Å². The molecule has 0 spiro atoms. The largest absolute Gasteiger partial charge is 0.468 e. The zero-order chi connectivity index (χ0) is 20.3. The Bertz CT molecular complexity index is 1110. The van der Waals surface area contributed by atoms with Crippen LogP contribution in [-0.4, -0.2) is 45.0 Å². The highest BCUT2D eigenvalue weighted by molar-refractivity contribution is 7.07. The number of carbonyl (C=O) groups excluding carboxylic acids is 1. The van der Waals surface area contributed by atoms with Crippen LogP contribution >= 0.6 is 11.3 Å². The Morgan fingerprint density at radius 3 is 2.83 bits per heavy atom. The predicted octanol–water partition coefficient (Wildman–Crippen LogP) is 3.71. The number of rotatable bonds is 7. The summed E-state index contributed by atoms with van der Waals surface area (Å²) in [6, 6.07) is 11.8. The molecule has 1 amide bonds. The number of nitrogens with one attached hydrogen (secondary N) is 1. The van der Waals surface area contributed by atoms with E-state index in [1.54, 1.807) is 11.8 Å². The second-order valence-electron chi connectivity index (χ2n) is 7.46. The standard InChI is InChI=1S/C22H23N5O2S/c28-21(23-12-19(20-8-5-11-29-20)26-9-3-4-10-26)13-27-18-7-2-1-6-16(18)25-22(27)17-14-30-15-24-17/h1-2,5-8,11,14-15,19H,3-4,9-10,12-13H2,(H,23,28)/t19-/m0/s1. The second-order valence-corrected chi connectivity index (χ2v) is 8.18. The summed E-state index contributed by atoms with van der Waals surface area (Å²) >= 11 is 1.52. The summed E-state index contributed by atoms with van der Waals surface area (Å²) in [4.78, 5) is 24.4. The minimum Gasteiger partial charge on any atom is -0.468 e. The molecule has 7 nitrogen and oxygen atoms in total. The lowest BCUT2D eigenvalue weighted by molar-refractivity contribution is -0.121. The third kappa shape index (κ3) is 3.76. The Labute approximate surface area is 178 Å². The van der Waals surface area contributed by atoms with Gasteiger partial charge >= 0.3 is 0 Å². The van der Waals surface area contributed by atoms with Crippen molar-refractivity contribution in [2.75, 3.05) is 19.6 Å². The van der Waals surface area contributed by atoms with Crippen LogP contribution in [0.1, 0.15) is 24.6 Å². The molecule has 4 aromatic rings. The molecule has 1 fully saturated rings. The molecule has 8 heteroatoms. The van der Waals surface area contributed by atoms with Crippen molar-refractivity contribution >= 4 is 28.3 Å². The van der Waals surface area contributed by atoms with E-state index in [1.165, 1.54) is 24.2 Å². The monoisotopic (exact) mass is 421 g/mol. The minimum atomic E-state index is -0.0506. The topological polar surface area (TPSA) is 76.2 Å². The van der Waals surface area contributed by atoms with Crippen molar-refractivity contribution in [1.29, 1.82) is 0 Å². The highest BCUT2D eigenvalue weighted by Gasteiger charge is 2.26. The Morgan fingerprint density at radius 2 is 2.07 bits per heavy atom. The van der Waals surface area contributed by atoms with Crippen LogP contribution in [0.2, 0.25) is 0 Å². The fraction of sp³-hybridized carbons (Fsp3) is 0.318. The number of thiazole rings is 1. The van der Waals surface area contributed by atoms with Gasteiger partial charge in [-0.25, -0.2) is 9.97 Å². The Kier molecular flexibility index (Phi) is 5.33. The van der Waals surface area contributed by atoms with E-state index in [1.807, 2.05) is 46.3 Å². The number of hydrogen-bond donors (Lipinski definition) is 1. The zero-order valence-electron chi connectivity index (χ0n) is 16.5. The molecule has 0 unspecified atom stereocenters. The molecule has 3 aromatic heterocycles. The Morgan fingerprint density at radius 1 is 1.20 bits per heavy atom. The van der Waals surface area contributed by atoms with Gasteiger partial charge in [-0.05, 0) is 50.2 Å². The zero-order valence-corrected chi connectivity index (χ0v) is 17.3. The number of benzene rings is 1. The van der Waals surface area contributed by atoms with E-state index in [0.29, 0.717) is 6.54 Å². The molecule has 1 saturated heterocycles. The van der Waals surface area contributed by atoms with E-state index < -0.39 is 0 Å². The van der Waals surface area contributed by atoms with Crippen LogP contribution in [0.25, 0.3) is 22.6 Å². The summed E-state index contributed by atoms with van der Waals surface area (Å²) in [6.07, 6.45) is 4.06. The molecule has 1 atom stereocenters. The number of hydrogen-bond acceptors (Lipinski definition) is 6. The summed E-state index contributed by atoms with van der Waals surface area (Å²) < 4.78 is 7.60. The molecular formula is C22H23N5O2S. The molecule has 1 N–H and O–H groups in total. The van der Waals surface area contributed by atoms with Crippen molar-refractivity contribution in [2.24, 2.45) is 0 Å². The van der Waals surface area contributed by atoms with Crippen molar-refractivity contribution in [3.05, 3.63) is 59.3 Å². The van der Waals surface area contributed by atoms with E-state index in [0.717, 1.165) is 41.4 Å². The van der Waals surface area contributed by atoms with Gasteiger partial charge in [0.1, 0.15) is 18.0 Å². The van der Waals surface area contributed by atoms with E-state index in [9.17, 15) is 4.79 Å². The quantitative estimate of drug-likeness (QED) is 0.492. The summed E-state index contributed by atoms with van der Waals surface area (Å²) in [7, 11) is 0. The summed E-state index contributed by atoms with van der Waals surface area (Å²) in [5.74, 6) is 1.56. The second kappa shape index (κ2) is 8.41. The van der Waals surface area contributed by atoms with Crippen LogP contribution in [-0.2, 0) is 11.3 Å². The van der Waals surface area contributed by atoms with Gasteiger partial charge in [0, 0.05) is 11.9 Å². The first kappa shape index (κ1) is 19.0. The number of likely N-dealkylation sites (tertiary alicyclic amines) is 1. The lowest BCUT2D eigenvalue weighted by Crippen LogP contribution is -2.38. The maximum atomic E-state index is 12.9. The number of furan rings is 1. The maximum Gasteiger partial charge on any atom is 0.240 e. The van der Waals surface area contributed by atoms with E-state index in [-0.39, 0.29) is 18.5 Å². The van der Waals surface area contributed by atoms with Crippen LogP contribution in [0.4, 0.5) is 0 Å². The molecule has 1 aromatic carbocycles. The molecule has 0 aliphatic carbocycles. The fourth-order valence-corrected chi connectivity index (χ4v) is 4.64. The molecule has 154 valence electrons. The number of amides is 1. The molecule has 1 aliphatic heterocycles. The van der Waals surface area contributed by atoms with E-state index in [2.05, 4.69) is 15.2 Å². The normalized spacial score (nSPS) is 15.6. The number of imidazole rings is 1. The molecular weight excluding hydrogens is 398 g/mol. The van der Waals surface area contributed by atoms with Gasteiger partial charge in [0.25, 0.3) is 0 Å². The molecule has 0 radical (unpaired) electrons. The van der Waals surface area contributed by atoms with Crippen molar-refractivity contribution in [3.63, 3.8) is 0 Å². The predicted molar refractivity (Wildman–Crippen MR) is 116 cm³/mol. The third-order valence-electron chi connectivity index (χ3n) is 5.56. The van der Waals surface area contributed by atoms with Crippen LogP contribution in [0.5, 0.6) is 0 Å². The van der Waals surface area contributed by atoms with Gasteiger partial charge in [-0.1, -0.05) is 12.1 Å². The number of fused-ring (bicyclic) bond motifs is 1. The summed E-state index contributed by atoms with van der Waals surface area (Å²) in [5.41, 5.74) is 4.36. The van der Waals surface area contributed by atoms with Gasteiger partial charge in [-0.15, -0.1) is 11.3 Å². The fourth-order valence-electron chi connectivity index (χ4n) is 4.11. The highest BCUT2D eigenvalue weighted by Crippen LogP contribution is 2.26. The maximum absolute atomic E-state index is 12.9. The van der Waals surface area contributed by atoms with Crippen molar-refractivity contribution in [2.45, 2.75) is 25.4 Å². The van der Waals surface area contributed by atoms with Gasteiger partial charge in [0.15, 0.2) is 5.82 Å². The average molecular weight is 422 g/mol. The van der Waals surface area contributed by atoms with Crippen LogP contribution < -0.4 is 5.32 Å². The van der Waals surface area contributed by atoms with Crippen molar-refractivity contribution < 1.29 is 9.21 Å². The average Bonchev–Trinajstić information content (AvgIpc) is 3.55. The van der Waals surface area contributed by atoms with E-state index >= 15 is 0 Å². The van der Waals surface area contributed by atoms with Gasteiger partial charge in [0.2, 0.25) is 5.91 Å². The molecule has 5 rings (SSSR count). The molecule has 0 saturated carbocycles. The first-order valence-electron chi connectivity index (χ1n) is 10.2. The lowest BCUT2D eigenvalue weighted by Gasteiger charge is -2.26. The summed E-state index contributed by atoms with van der Waals surface area (Å²) in [6.45, 7) is 2.77. The lowest BCUT2D eigenvalue weighted by atomic mass is 10.2. The molecule has 1 aliphatic rings. The van der Waals surface area contributed by atoms with Crippen LogP contribution in [0.15, 0.2) is 58.0 Å². The minimum absolute atomic E-state index is 0.0506. The first-order chi connectivity index (χ1) is 14.8. The van der Waals surface area contributed by atoms with Crippen LogP contribution in [0.3, 0.4) is 0 Å². The summed E-state index contributed by atoms with van der Waals surface area (Å²) in [5, 5.41) is 5.07. The number of nitrogens with zero attached hydrogens (tertiary/aromatic N) is 4. The number of carbonyl (C=O) groups is 1. The Hall–Kier alpha value is -2.97. The smallest absolute Gasteiger partial charge is 0.240 e. The number of aromatic nitrogens is 3. The highest BCUT2D eigenvalue weighted by atomic mass is 32.1. The molecule has 0 bridgehead atoms. The van der Waals surface area contributed by atoms with Gasteiger partial charge < -0.3 is 14.3 Å². The van der Waals surface area contributed by atoms with Crippen molar-refractivity contribution in [3.8, 4) is 11.5 Å². The van der Waals surface area contributed by atoms with Gasteiger partial charge in [-0.3, -0.25) is 9.69 Å². The molecule has 30 heavy (non-hydrogen) atoms. The van der Waals surface area contributed by atoms with Gasteiger partial charge in [0.05, 0.1) is 28.8 Å². The van der Waals surface area contributed by atoms with Crippen molar-refractivity contribution in [1.82, 2.24) is 24.8 Å². The van der Waals surface area contributed by atoms with Crippen LogP contribution in [0, 0.1) is 0 Å².